The summed E-state index contributed by atoms with van der Waals surface area (Å²) in [5, 5.41) is 12.2. The molecule has 0 saturated heterocycles. The van der Waals surface area contributed by atoms with E-state index >= 15 is 0 Å². The number of aliphatic hydroxyl groups is 1. The van der Waals surface area contributed by atoms with E-state index in [1.165, 1.54) is 33.7 Å². The molecule has 1 aromatic heterocycles. The lowest BCUT2D eigenvalue weighted by atomic mass is 9.83. The summed E-state index contributed by atoms with van der Waals surface area (Å²) in [6.07, 6.45) is 5.81. The van der Waals surface area contributed by atoms with Crippen molar-refractivity contribution < 1.29 is 17.7 Å². The van der Waals surface area contributed by atoms with Crippen molar-refractivity contribution >= 4 is 55.9 Å². The summed E-state index contributed by atoms with van der Waals surface area (Å²) in [6.45, 7) is 0. The van der Waals surface area contributed by atoms with Gasteiger partial charge in [-0.15, -0.1) is 23.5 Å². The molecule has 0 radical (unpaired) electrons. The van der Waals surface area contributed by atoms with Crippen molar-refractivity contribution in [2.24, 2.45) is 0 Å². The summed E-state index contributed by atoms with van der Waals surface area (Å²) in [5.74, 6) is 0. The van der Waals surface area contributed by atoms with Gasteiger partial charge in [0, 0.05) is 38.7 Å². The van der Waals surface area contributed by atoms with E-state index in [0.29, 0.717) is 29.1 Å². The lowest BCUT2D eigenvalue weighted by Crippen LogP contribution is -2.43. The Morgan fingerprint density at radius 2 is 1.82 bits per heavy atom. The summed E-state index contributed by atoms with van der Waals surface area (Å²) in [7, 11) is -5.20. The highest BCUT2D eigenvalue weighted by atomic mass is 35.5. The van der Waals surface area contributed by atoms with Crippen LogP contribution in [-0.4, -0.2) is 38.8 Å². The molecule has 10 heteroatoms. The maximum atomic E-state index is 13.6. The van der Waals surface area contributed by atoms with E-state index in [1.807, 2.05) is 18.4 Å². The van der Waals surface area contributed by atoms with Gasteiger partial charge in [0.1, 0.15) is 10.2 Å². The molecular formula is C23H24ClNO4S4. The molecule has 0 spiro atoms. The van der Waals surface area contributed by atoms with Crippen molar-refractivity contribution in [3.05, 3.63) is 83.1 Å². The molecule has 4 rings (SSSR count). The highest BCUT2D eigenvalue weighted by Gasteiger charge is 2.48. The molecule has 1 aliphatic rings. The Labute approximate surface area is 210 Å². The minimum atomic E-state index is -3.88. The molecule has 0 aliphatic heterocycles. The fourth-order valence-electron chi connectivity index (χ4n) is 4.29. The van der Waals surface area contributed by atoms with E-state index in [4.69, 9.17) is 11.6 Å². The lowest BCUT2D eigenvalue weighted by molar-refractivity contribution is 0.0345. The third-order valence-electron chi connectivity index (χ3n) is 5.75. The molecule has 1 N–H and O–H groups in total. The highest BCUT2D eigenvalue weighted by Crippen LogP contribution is 2.52. The standard InChI is InChI=1S/C23H24ClNO4S4/c1-30-22(32(2)27)23(26)14-12-20(31-17-10-8-16(24)9-11-17)21-19(23)13-15-25(21)33(28,29)18-6-4-3-5-7-18/h3-11,13,15,20,22,26H,12,14H2,1-2H3. The summed E-state index contributed by atoms with van der Waals surface area (Å²) >= 11 is 8.91. The van der Waals surface area contributed by atoms with E-state index < -0.39 is 31.0 Å². The van der Waals surface area contributed by atoms with Gasteiger partial charge in [-0.2, -0.15) is 0 Å². The van der Waals surface area contributed by atoms with Crippen LogP contribution < -0.4 is 0 Å². The number of benzene rings is 2. The summed E-state index contributed by atoms with van der Waals surface area (Å²) < 4.78 is 40.4. The molecule has 4 unspecified atom stereocenters. The Kier molecular flexibility index (Phi) is 7.38. The zero-order valence-corrected chi connectivity index (χ0v) is 22.1. The second-order valence-electron chi connectivity index (χ2n) is 7.82. The van der Waals surface area contributed by atoms with Crippen molar-refractivity contribution in [3.63, 3.8) is 0 Å². The van der Waals surface area contributed by atoms with Gasteiger partial charge in [0.05, 0.1) is 15.8 Å². The van der Waals surface area contributed by atoms with Crippen molar-refractivity contribution in [1.29, 1.82) is 0 Å². The van der Waals surface area contributed by atoms with Crippen LogP contribution in [0.1, 0.15) is 29.3 Å². The van der Waals surface area contributed by atoms with Crippen LogP contribution in [0.15, 0.2) is 76.7 Å². The first-order chi connectivity index (χ1) is 15.7. The van der Waals surface area contributed by atoms with Crippen LogP contribution in [0.25, 0.3) is 0 Å². The molecule has 0 amide bonds. The molecule has 1 aliphatic carbocycles. The third-order valence-corrected chi connectivity index (χ3v) is 12.2. The Hall–Kier alpha value is -1.23. The summed E-state index contributed by atoms with van der Waals surface area (Å²) in [6, 6.07) is 17.3. The molecule has 4 atom stereocenters. The second-order valence-corrected chi connectivity index (χ2v) is 14.1. The van der Waals surface area contributed by atoms with Gasteiger partial charge in [0.15, 0.2) is 0 Å². The number of hydrogen-bond donors (Lipinski definition) is 1. The van der Waals surface area contributed by atoms with Crippen LogP contribution >= 0.6 is 35.1 Å². The van der Waals surface area contributed by atoms with Gasteiger partial charge in [-0.05, 0) is 61.6 Å². The van der Waals surface area contributed by atoms with Crippen LogP contribution in [0.3, 0.4) is 0 Å². The number of nitrogens with zero attached hydrogens (tertiary/aromatic N) is 1. The predicted octanol–water partition coefficient (Wildman–Crippen LogP) is 5.26. The van der Waals surface area contributed by atoms with Gasteiger partial charge in [0.2, 0.25) is 0 Å². The molecule has 5 nitrogen and oxygen atoms in total. The van der Waals surface area contributed by atoms with Gasteiger partial charge >= 0.3 is 0 Å². The summed E-state index contributed by atoms with van der Waals surface area (Å²) in [5.41, 5.74) is -0.352. The van der Waals surface area contributed by atoms with Gasteiger partial charge in [-0.1, -0.05) is 29.8 Å². The van der Waals surface area contributed by atoms with Crippen LogP contribution in [0, 0.1) is 0 Å². The number of rotatable bonds is 7. The number of fused-ring (bicyclic) bond motifs is 1. The van der Waals surface area contributed by atoms with E-state index in [9.17, 15) is 17.7 Å². The molecular weight excluding hydrogens is 518 g/mol. The van der Waals surface area contributed by atoms with Gasteiger partial charge in [-0.3, -0.25) is 4.21 Å². The first-order valence-electron chi connectivity index (χ1n) is 10.2. The van der Waals surface area contributed by atoms with Crippen molar-refractivity contribution in [2.75, 3.05) is 12.5 Å². The summed E-state index contributed by atoms with van der Waals surface area (Å²) in [4.78, 5) is 1.12. The van der Waals surface area contributed by atoms with E-state index in [0.717, 1.165) is 4.90 Å². The molecule has 0 bridgehead atoms. The van der Waals surface area contributed by atoms with Crippen molar-refractivity contribution in [1.82, 2.24) is 3.97 Å². The number of aromatic nitrogens is 1. The zero-order valence-electron chi connectivity index (χ0n) is 18.0. The molecule has 3 aromatic rings. The quantitative estimate of drug-likeness (QED) is 0.439. The number of halogens is 1. The first kappa shape index (κ1) is 24.9. The normalized spacial score (nSPS) is 22.5. The van der Waals surface area contributed by atoms with Gasteiger partial charge in [0.25, 0.3) is 10.0 Å². The van der Waals surface area contributed by atoms with Crippen LogP contribution in [-0.2, 0) is 26.4 Å². The molecule has 0 saturated carbocycles. The topological polar surface area (TPSA) is 76.4 Å². The number of thioether (sulfide) groups is 2. The second kappa shape index (κ2) is 9.79. The maximum Gasteiger partial charge on any atom is 0.267 e. The Morgan fingerprint density at radius 1 is 1.15 bits per heavy atom. The Bertz CT molecular complexity index is 1260. The fourth-order valence-corrected chi connectivity index (χ4v) is 9.64. The third kappa shape index (κ3) is 4.68. The molecule has 33 heavy (non-hydrogen) atoms. The smallest absolute Gasteiger partial charge is 0.267 e. The maximum absolute atomic E-state index is 13.6. The monoisotopic (exact) mass is 541 g/mol. The Morgan fingerprint density at radius 3 is 2.42 bits per heavy atom. The minimum absolute atomic E-state index is 0.174. The molecule has 1 heterocycles. The van der Waals surface area contributed by atoms with Crippen molar-refractivity contribution in [3.8, 4) is 0 Å². The van der Waals surface area contributed by atoms with Gasteiger partial charge in [-0.25, -0.2) is 12.4 Å². The first-order valence-corrected chi connectivity index (χ1v) is 15.8. The van der Waals surface area contributed by atoms with Crippen molar-refractivity contribution in [2.45, 2.75) is 38.1 Å². The zero-order chi connectivity index (χ0) is 23.8. The highest BCUT2D eigenvalue weighted by molar-refractivity contribution is 8.10. The van der Waals surface area contributed by atoms with Crippen LogP contribution in [0.5, 0.6) is 0 Å². The SMILES string of the molecule is CSC(S(C)=O)C1(O)CCC(Sc2ccc(Cl)cc2)c2c1ccn2S(=O)(=O)c1ccccc1. The van der Waals surface area contributed by atoms with E-state index in [2.05, 4.69) is 0 Å². The fraction of sp³-hybridized carbons (Fsp3) is 0.304. The lowest BCUT2D eigenvalue weighted by Gasteiger charge is -2.40. The van der Waals surface area contributed by atoms with E-state index in [1.54, 1.807) is 54.8 Å². The van der Waals surface area contributed by atoms with Crippen LogP contribution in [0.2, 0.25) is 5.02 Å². The average Bonchev–Trinajstić information content (AvgIpc) is 3.26. The molecule has 176 valence electrons. The van der Waals surface area contributed by atoms with E-state index in [-0.39, 0.29) is 10.1 Å². The molecule has 2 aromatic carbocycles. The minimum Gasteiger partial charge on any atom is -0.383 e. The van der Waals surface area contributed by atoms with Crippen LogP contribution in [0.4, 0.5) is 0 Å². The Balaban J connectivity index is 1.87. The molecule has 0 fully saturated rings. The average molecular weight is 542 g/mol. The number of hydrogen-bond acceptors (Lipinski definition) is 6. The predicted molar refractivity (Wildman–Crippen MR) is 138 cm³/mol. The van der Waals surface area contributed by atoms with Gasteiger partial charge < -0.3 is 5.11 Å². The largest absolute Gasteiger partial charge is 0.383 e.